The zero-order valence-electron chi connectivity index (χ0n) is 28.1. The zero-order chi connectivity index (χ0) is 35.6. The number of aromatic nitrogens is 2. The number of anilines is 2. The van der Waals surface area contributed by atoms with Gasteiger partial charge in [0, 0.05) is 16.5 Å². The summed E-state index contributed by atoms with van der Waals surface area (Å²) >= 11 is 0. The van der Waals surface area contributed by atoms with E-state index in [4.69, 9.17) is 18.8 Å². The summed E-state index contributed by atoms with van der Waals surface area (Å²) in [6.45, 7) is 3.71. The van der Waals surface area contributed by atoms with E-state index >= 15 is 0 Å². The molecule has 8 rings (SSSR count). The van der Waals surface area contributed by atoms with Gasteiger partial charge in [0.1, 0.15) is 28.6 Å². The molecule has 0 saturated heterocycles. The molecule has 10 heteroatoms. The van der Waals surface area contributed by atoms with Crippen LogP contribution in [0.3, 0.4) is 0 Å². The van der Waals surface area contributed by atoms with E-state index in [-0.39, 0.29) is 5.91 Å². The zero-order valence-corrected chi connectivity index (χ0v) is 28.1. The van der Waals surface area contributed by atoms with E-state index in [1.807, 2.05) is 117 Å². The van der Waals surface area contributed by atoms with Crippen LogP contribution >= 0.6 is 0 Å². The van der Waals surface area contributed by atoms with Gasteiger partial charge < -0.3 is 19.5 Å². The molecule has 2 N–H and O–H groups in total. The molecule has 0 fully saturated rings. The highest BCUT2D eigenvalue weighted by molar-refractivity contribution is 6.15. The smallest absolute Gasteiger partial charge is 0.256 e. The van der Waals surface area contributed by atoms with Gasteiger partial charge >= 0.3 is 0 Å². The minimum atomic E-state index is -0.402. The van der Waals surface area contributed by atoms with Gasteiger partial charge in [-0.15, -0.1) is 5.11 Å². The number of pyridine rings is 2. The third kappa shape index (κ3) is 6.56. The lowest BCUT2D eigenvalue weighted by Gasteiger charge is -2.14. The summed E-state index contributed by atoms with van der Waals surface area (Å²) in [6.07, 6.45) is 0. The number of carbonyl (C=O) groups is 2. The van der Waals surface area contributed by atoms with Crippen molar-refractivity contribution in [2.75, 3.05) is 10.6 Å². The molecular weight excluding hydrogens is 652 g/mol. The molecule has 4 heterocycles. The van der Waals surface area contributed by atoms with Crippen molar-refractivity contribution < 1.29 is 18.4 Å². The Labute approximate surface area is 297 Å². The Kier molecular flexibility index (Phi) is 8.38. The number of fused-ring (bicyclic) bond motifs is 2. The second kappa shape index (κ2) is 13.6. The standard InChI is InChI=1S/C42H30N6O4/c1-25-16-20-39(51-25)37-23-31(29-12-6-8-14-33(29)44-37)41(49)43-28-18-19-35(48-47-27-10-4-3-5-11-27)36(22-28)46-42(50)32-24-38(40-21-17-26(2)52-40)45-34-15-9-7-13-30(32)34/h3-24H,1-2H3,(H,43,49)(H,46,50). The number of benzene rings is 4. The molecule has 0 bridgehead atoms. The number of para-hydroxylation sites is 2. The number of nitrogens with one attached hydrogen (secondary N) is 2. The predicted octanol–water partition coefficient (Wildman–Crippen LogP) is 10.8. The number of rotatable bonds is 8. The van der Waals surface area contributed by atoms with E-state index in [1.165, 1.54) is 0 Å². The third-order valence-electron chi connectivity index (χ3n) is 8.44. The second-order valence-corrected chi connectivity index (χ2v) is 12.1. The summed E-state index contributed by atoms with van der Waals surface area (Å²) in [7, 11) is 0. The molecule has 0 saturated carbocycles. The largest absolute Gasteiger partial charge is 0.460 e. The van der Waals surface area contributed by atoms with Gasteiger partial charge in [0.05, 0.1) is 33.5 Å². The van der Waals surface area contributed by atoms with Crippen molar-refractivity contribution in [1.82, 2.24) is 9.97 Å². The highest BCUT2D eigenvalue weighted by Gasteiger charge is 2.19. The number of carbonyl (C=O) groups excluding carboxylic acids is 2. The van der Waals surface area contributed by atoms with Gasteiger partial charge in [0.15, 0.2) is 11.5 Å². The molecule has 0 radical (unpaired) electrons. The monoisotopic (exact) mass is 682 g/mol. The van der Waals surface area contributed by atoms with Crippen molar-refractivity contribution in [2.24, 2.45) is 10.2 Å². The third-order valence-corrected chi connectivity index (χ3v) is 8.44. The van der Waals surface area contributed by atoms with Gasteiger partial charge in [-0.05, 0) is 92.7 Å². The number of aryl methyl sites for hydroxylation is 2. The van der Waals surface area contributed by atoms with Gasteiger partial charge in [-0.3, -0.25) is 9.59 Å². The molecule has 8 aromatic rings. The minimum Gasteiger partial charge on any atom is -0.460 e. The van der Waals surface area contributed by atoms with E-state index < -0.39 is 5.91 Å². The molecule has 0 aliphatic rings. The highest BCUT2D eigenvalue weighted by Crippen LogP contribution is 2.33. The number of hydrogen-bond donors (Lipinski definition) is 2. The molecule has 0 atom stereocenters. The predicted molar refractivity (Wildman–Crippen MR) is 201 cm³/mol. The van der Waals surface area contributed by atoms with Crippen molar-refractivity contribution >= 4 is 56.4 Å². The number of azo groups is 1. The fourth-order valence-corrected chi connectivity index (χ4v) is 5.92. The lowest BCUT2D eigenvalue weighted by molar-refractivity contribution is 0.102. The molecule has 0 unspecified atom stereocenters. The maximum absolute atomic E-state index is 14.2. The fourth-order valence-electron chi connectivity index (χ4n) is 5.92. The lowest BCUT2D eigenvalue weighted by Crippen LogP contribution is -2.15. The van der Waals surface area contributed by atoms with Crippen LogP contribution in [0, 0.1) is 13.8 Å². The molecule has 4 aromatic carbocycles. The van der Waals surface area contributed by atoms with Crippen molar-refractivity contribution in [2.45, 2.75) is 13.8 Å². The molecule has 252 valence electrons. The normalized spacial score (nSPS) is 11.3. The number of nitrogens with zero attached hydrogens (tertiary/aromatic N) is 4. The summed E-state index contributed by atoms with van der Waals surface area (Å²) in [4.78, 5) is 37.6. The average molecular weight is 683 g/mol. The van der Waals surface area contributed by atoms with Crippen LogP contribution in [0.2, 0.25) is 0 Å². The Morgan fingerprint density at radius 3 is 1.65 bits per heavy atom. The molecule has 10 nitrogen and oxygen atoms in total. The molecule has 0 aliphatic heterocycles. The maximum Gasteiger partial charge on any atom is 0.256 e. The molecule has 2 amide bonds. The van der Waals surface area contributed by atoms with Crippen LogP contribution < -0.4 is 10.6 Å². The van der Waals surface area contributed by atoms with E-state index in [2.05, 4.69) is 20.9 Å². The van der Waals surface area contributed by atoms with Gasteiger partial charge in [0.25, 0.3) is 11.8 Å². The number of amides is 2. The molecular formula is C42H30N6O4. The molecule has 52 heavy (non-hydrogen) atoms. The fraction of sp³-hybridized carbons (Fsp3) is 0.0476. The van der Waals surface area contributed by atoms with Crippen LogP contribution in [0.25, 0.3) is 44.7 Å². The Balaban J connectivity index is 1.17. The first-order valence-electron chi connectivity index (χ1n) is 16.5. The van der Waals surface area contributed by atoms with Crippen molar-refractivity contribution in [3.63, 3.8) is 0 Å². The van der Waals surface area contributed by atoms with Gasteiger partial charge in [-0.2, -0.15) is 5.11 Å². The topological polar surface area (TPSA) is 135 Å². The van der Waals surface area contributed by atoms with Crippen molar-refractivity contribution in [3.05, 3.63) is 156 Å². The van der Waals surface area contributed by atoms with Gasteiger partial charge in [0.2, 0.25) is 0 Å². The highest BCUT2D eigenvalue weighted by atomic mass is 16.3. The summed E-state index contributed by atoms with van der Waals surface area (Å²) in [6, 6.07) is 40.0. The first-order chi connectivity index (χ1) is 25.4. The second-order valence-electron chi connectivity index (χ2n) is 12.1. The SMILES string of the molecule is Cc1ccc(-c2cc(C(=O)Nc3ccc(N=Nc4ccccc4)c(NC(=O)c4cc(-c5ccc(C)o5)nc5ccccc45)c3)c3ccccc3n2)o1. The van der Waals surface area contributed by atoms with Crippen LogP contribution in [0.4, 0.5) is 22.7 Å². The summed E-state index contributed by atoms with van der Waals surface area (Å²) < 4.78 is 11.7. The first kappa shape index (κ1) is 32.0. The van der Waals surface area contributed by atoms with Crippen LogP contribution in [0.15, 0.2) is 153 Å². The van der Waals surface area contributed by atoms with Crippen molar-refractivity contribution in [1.29, 1.82) is 0 Å². The van der Waals surface area contributed by atoms with Gasteiger partial charge in [-0.25, -0.2) is 9.97 Å². The van der Waals surface area contributed by atoms with Crippen LogP contribution in [0.5, 0.6) is 0 Å². The summed E-state index contributed by atoms with van der Waals surface area (Å²) in [5.74, 6) is 1.81. The van der Waals surface area contributed by atoms with E-state index in [1.54, 1.807) is 30.3 Å². The summed E-state index contributed by atoms with van der Waals surface area (Å²) in [5.41, 5.74) is 4.95. The van der Waals surface area contributed by atoms with Crippen LogP contribution in [0.1, 0.15) is 32.2 Å². The first-order valence-corrected chi connectivity index (χ1v) is 16.5. The van der Waals surface area contributed by atoms with Crippen LogP contribution in [-0.2, 0) is 0 Å². The quantitative estimate of drug-likeness (QED) is 0.153. The Morgan fingerprint density at radius 2 is 1.10 bits per heavy atom. The number of hydrogen-bond acceptors (Lipinski definition) is 8. The Morgan fingerprint density at radius 1 is 0.558 bits per heavy atom. The van der Waals surface area contributed by atoms with Crippen molar-refractivity contribution in [3.8, 4) is 22.9 Å². The molecule has 4 aromatic heterocycles. The maximum atomic E-state index is 14.2. The minimum absolute atomic E-state index is 0.338. The Hall–Kier alpha value is -7.20. The van der Waals surface area contributed by atoms with E-state index in [0.717, 1.165) is 11.5 Å². The number of furan rings is 2. The lowest BCUT2D eigenvalue weighted by atomic mass is 10.1. The van der Waals surface area contributed by atoms with Gasteiger partial charge in [-0.1, -0.05) is 54.6 Å². The van der Waals surface area contributed by atoms with Crippen LogP contribution in [-0.4, -0.2) is 21.8 Å². The Bertz CT molecular complexity index is 2660. The summed E-state index contributed by atoms with van der Waals surface area (Å²) in [5, 5.41) is 16.2. The van der Waals surface area contributed by atoms with E-state index in [0.29, 0.717) is 78.6 Å². The molecule has 0 aliphatic carbocycles. The molecule has 0 spiro atoms. The van der Waals surface area contributed by atoms with E-state index in [9.17, 15) is 9.59 Å². The average Bonchev–Trinajstić information content (AvgIpc) is 3.82.